The number of nitrogens with two attached hydrogens (primary N) is 1. The zero-order chi connectivity index (χ0) is 13.4. The molecule has 1 aromatic heterocycles. The van der Waals surface area contributed by atoms with E-state index in [0.717, 1.165) is 21.8 Å². The number of fused-ring (bicyclic) bond motifs is 3. The second kappa shape index (κ2) is 4.66. The fourth-order valence-electron chi connectivity index (χ4n) is 2.41. The average molecular weight is 256 g/mol. The van der Waals surface area contributed by atoms with Crippen LogP contribution in [0, 0.1) is 0 Å². The predicted octanol–water partition coefficient (Wildman–Crippen LogP) is 1.67. The number of para-hydroxylation sites is 1. The molecule has 0 spiro atoms. The number of aromatic amines is 1. The minimum Gasteiger partial charge on any atom is -0.389 e. The van der Waals surface area contributed by atoms with Crippen LogP contribution in [-0.4, -0.2) is 27.8 Å². The van der Waals surface area contributed by atoms with Crippen LogP contribution in [-0.2, 0) is 0 Å². The summed E-state index contributed by atoms with van der Waals surface area (Å²) in [6.07, 6.45) is -1.90. The molecule has 2 aromatic carbocycles. The number of nitrogens with one attached hydrogen (secondary N) is 1. The Morgan fingerprint density at radius 1 is 1.00 bits per heavy atom. The van der Waals surface area contributed by atoms with Crippen molar-refractivity contribution in [3.63, 3.8) is 0 Å². The van der Waals surface area contributed by atoms with Gasteiger partial charge in [0.1, 0.15) is 6.10 Å². The Hall–Kier alpha value is -1.88. The van der Waals surface area contributed by atoms with Gasteiger partial charge in [-0.1, -0.05) is 30.3 Å². The molecule has 0 saturated carbocycles. The summed E-state index contributed by atoms with van der Waals surface area (Å²) < 4.78 is 0. The number of aromatic nitrogens is 1. The van der Waals surface area contributed by atoms with Crippen molar-refractivity contribution in [3.05, 3.63) is 48.0 Å². The Labute approximate surface area is 110 Å². The molecule has 2 unspecified atom stereocenters. The predicted molar refractivity (Wildman–Crippen MR) is 75.8 cm³/mol. The molecular formula is C15H16N2O2. The van der Waals surface area contributed by atoms with Crippen LogP contribution >= 0.6 is 0 Å². The molecule has 0 bridgehead atoms. The monoisotopic (exact) mass is 256 g/mol. The van der Waals surface area contributed by atoms with E-state index in [2.05, 4.69) is 11.1 Å². The third-order valence-electron chi connectivity index (χ3n) is 3.48. The van der Waals surface area contributed by atoms with Crippen molar-refractivity contribution >= 4 is 21.8 Å². The Morgan fingerprint density at radius 3 is 2.53 bits per heavy atom. The maximum Gasteiger partial charge on any atom is 0.106 e. The van der Waals surface area contributed by atoms with Gasteiger partial charge in [0.15, 0.2) is 0 Å². The maximum absolute atomic E-state index is 9.98. The largest absolute Gasteiger partial charge is 0.389 e. The molecule has 5 N–H and O–H groups in total. The van der Waals surface area contributed by atoms with Crippen LogP contribution in [0.2, 0.25) is 0 Å². The Bertz CT molecular complexity index is 720. The minimum absolute atomic E-state index is 0.0336. The lowest BCUT2D eigenvalue weighted by molar-refractivity contribution is 0.0244. The van der Waals surface area contributed by atoms with E-state index in [0.29, 0.717) is 5.56 Å². The van der Waals surface area contributed by atoms with Gasteiger partial charge in [0, 0.05) is 28.4 Å². The van der Waals surface area contributed by atoms with E-state index in [9.17, 15) is 10.2 Å². The van der Waals surface area contributed by atoms with Crippen LogP contribution in [0.25, 0.3) is 21.8 Å². The molecule has 1 heterocycles. The second-order valence-electron chi connectivity index (χ2n) is 4.72. The molecule has 4 nitrogen and oxygen atoms in total. The van der Waals surface area contributed by atoms with Crippen LogP contribution in [0.1, 0.15) is 11.7 Å². The lowest BCUT2D eigenvalue weighted by Crippen LogP contribution is -2.27. The van der Waals surface area contributed by atoms with E-state index in [4.69, 9.17) is 5.73 Å². The molecule has 19 heavy (non-hydrogen) atoms. The molecular weight excluding hydrogens is 240 g/mol. The summed E-state index contributed by atoms with van der Waals surface area (Å²) in [6.45, 7) is 0.0336. The van der Waals surface area contributed by atoms with Crippen molar-refractivity contribution < 1.29 is 10.2 Å². The number of aliphatic hydroxyl groups is 2. The normalized spacial score (nSPS) is 14.9. The minimum atomic E-state index is -0.958. The van der Waals surface area contributed by atoms with E-state index in [1.165, 1.54) is 0 Å². The molecule has 0 saturated heterocycles. The van der Waals surface area contributed by atoms with Crippen molar-refractivity contribution in [3.8, 4) is 0 Å². The smallest absolute Gasteiger partial charge is 0.106 e. The van der Waals surface area contributed by atoms with E-state index >= 15 is 0 Å². The number of hydrogen-bond donors (Lipinski definition) is 4. The standard InChI is InChI=1S/C15H16N2O2/c16-8-14(18)15(19)9-5-6-11-10-3-1-2-4-12(10)17-13(11)7-9/h1-7,14-15,17-19H,8,16H2. The molecule has 0 radical (unpaired) electrons. The summed E-state index contributed by atoms with van der Waals surface area (Å²) >= 11 is 0. The van der Waals surface area contributed by atoms with Gasteiger partial charge in [0.25, 0.3) is 0 Å². The van der Waals surface area contributed by atoms with Gasteiger partial charge in [-0.05, 0) is 17.7 Å². The Balaban J connectivity index is 2.13. The quantitative estimate of drug-likeness (QED) is 0.575. The summed E-state index contributed by atoms with van der Waals surface area (Å²) in [6, 6.07) is 13.7. The lowest BCUT2D eigenvalue weighted by atomic mass is 10.0. The van der Waals surface area contributed by atoms with Gasteiger partial charge in [-0.3, -0.25) is 0 Å². The molecule has 3 rings (SSSR count). The van der Waals surface area contributed by atoms with Gasteiger partial charge < -0.3 is 20.9 Å². The SMILES string of the molecule is NCC(O)C(O)c1ccc2c(c1)[nH]c1ccccc12. The van der Waals surface area contributed by atoms with Gasteiger partial charge >= 0.3 is 0 Å². The highest BCUT2D eigenvalue weighted by molar-refractivity contribution is 6.07. The van der Waals surface area contributed by atoms with Gasteiger partial charge in [-0.15, -0.1) is 0 Å². The second-order valence-corrected chi connectivity index (χ2v) is 4.72. The van der Waals surface area contributed by atoms with Crippen LogP contribution in [0.3, 0.4) is 0 Å². The fourth-order valence-corrected chi connectivity index (χ4v) is 2.41. The van der Waals surface area contributed by atoms with E-state index in [1.54, 1.807) is 0 Å². The average Bonchev–Trinajstić information content (AvgIpc) is 2.83. The van der Waals surface area contributed by atoms with Gasteiger partial charge in [-0.25, -0.2) is 0 Å². The van der Waals surface area contributed by atoms with Crippen molar-refractivity contribution in [2.45, 2.75) is 12.2 Å². The first-order valence-corrected chi connectivity index (χ1v) is 6.27. The molecule has 2 atom stereocenters. The maximum atomic E-state index is 9.98. The number of hydrogen-bond acceptors (Lipinski definition) is 3. The number of aliphatic hydroxyl groups excluding tert-OH is 2. The molecule has 0 amide bonds. The van der Waals surface area contributed by atoms with Gasteiger partial charge in [0.05, 0.1) is 6.10 Å². The molecule has 3 aromatic rings. The van der Waals surface area contributed by atoms with Crippen molar-refractivity contribution in [2.24, 2.45) is 5.73 Å². The zero-order valence-electron chi connectivity index (χ0n) is 10.4. The molecule has 0 aliphatic rings. The van der Waals surface area contributed by atoms with E-state index < -0.39 is 12.2 Å². The molecule has 4 heteroatoms. The number of rotatable bonds is 3. The summed E-state index contributed by atoms with van der Waals surface area (Å²) in [5.41, 5.74) is 8.04. The van der Waals surface area contributed by atoms with Crippen LogP contribution < -0.4 is 5.73 Å². The highest BCUT2D eigenvalue weighted by atomic mass is 16.3. The van der Waals surface area contributed by atoms with Gasteiger partial charge in [-0.2, -0.15) is 0 Å². The third-order valence-corrected chi connectivity index (χ3v) is 3.48. The molecule has 98 valence electrons. The van der Waals surface area contributed by atoms with Crippen LogP contribution in [0.5, 0.6) is 0 Å². The molecule has 0 aliphatic carbocycles. The summed E-state index contributed by atoms with van der Waals surface area (Å²) in [5, 5.41) is 21.8. The summed E-state index contributed by atoms with van der Waals surface area (Å²) in [4.78, 5) is 3.31. The van der Waals surface area contributed by atoms with Crippen molar-refractivity contribution in [1.82, 2.24) is 4.98 Å². The van der Waals surface area contributed by atoms with E-state index in [-0.39, 0.29) is 6.54 Å². The lowest BCUT2D eigenvalue weighted by Gasteiger charge is -2.16. The van der Waals surface area contributed by atoms with E-state index in [1.807, 2.05) is 36.4 Å². The highest BCUT2D eigenvalue weighted by Gasteiger charge is 2.17. The first kappa shape index (κ1) is 12.2. The van der Waals surface area contributed by atoms with Crippen molar-refractivity contribution in [1.29, 1.82) is 0 Å². The molecule has 0 fully saturated rings. The summed E-state index contributed by atoms with van der Waals surface area (Å²) in [5.74, 6) is 0. The fraction of sp³-hybridized carbons (Fsp3) is 0.200. The zero-order valence-corrected chi connectivity index (χ0v) is 10.4. The Morgan fingerprint density at radius 2 is 1.74 bits per heavy atom. The first-order valence-electron chi connectivity index (χ1n) is 6.27. The Kier molecular flexibility index (Phi) is 2.98. The molecule has 0 aliphatic heterocycles. The van der Waals surface area contributed by atoms with Crippen LogP contribution in [0.15, 0.2) is 42.5 Å². The van der Waals surface area contributed by atoms with Gasteiger partial charge in [0.2, 0.25) is 0 Å². The number of H-pyrrole nitrogens is 1. The third kappa shape index (κ3) is 2.00. The number of benzene rings is 2. The van der Waals surface area contributed by atoms with Crippen molar-refractivity contribution in [2.75, 3.05) is 6.54 Å². The first-order chi connectivity index (χ1) is 9.20. The topological polar surface area (TPSA) is 82.3 Å². The summed E-state index contributed by atoms with van der Waals surface area (Å²) in [7, 11) is 0. The highest BCUT2D eigenvalue weighted by Crippen LogP contribution is 2.28. The van der Waals surface area contributed by atoms with Crippen LogP contribution in [0.4, 0.5) is 0 Å².